The lowest BCUT2D eigenvalue weighted by Crippen LogP contribution is -2.38. The molecule has 0 aliphatic carbocycles. The largest absolute Gasteiger partial charge is 0.245 e. The molecule has 0 spiro atoms. The summed E-state index contributed by atoms with van der Waals surface area (Å²) in [6.45, 7) is 6.14. The van der Waals surface area contributed by atoms with Crippen molar-refractivity contribution >= 4 is 28.6 Å². The van der Waals surface area contributed by atoms with Crippen molar-refractivity contribution in [2.24, 2.45) is 0 Å². The second-order valence-electron chi connectivity index (χ2n) is 8.11. The van der Waals surface area contributed by atoms with Gasteiger partial charge in [-0.3, -0.25) is 0 Å². The zero-order valence-corrected chi connectivity index (χ0v) is 19.3. The Bertz CT molecular complexity index is 1310. The number of hydrogen-bond donors (Lipinski definition) is 0. The van der Waals surface area contributed by atoms with Gasteiger partial charge in [-0.25, -0.2) is 4.68 Å². The van der Waals surface area contributed by atoms with Crippen LogP contribution in [0.3, 0.4) is 0 Å². The molecular formula is C30H25ClN2. The van der Waals surface area contributed by atoms with Crippen LogP contribution in [0.2, 0.25) is 5.02 Å². The Morgan fingerprint density at radius 2 is 1.33 bits per heavy atom. The summed E-state index contributed by atoms with van der Waals surface area (Å²) in [7, 11) is 0. The van der Waals surface area contributed by atoms with Gasteiger partial charge in [0.1, 0.15) is 5.54 Å². The Hall–Kier alpha value is -3.62. The monoisotopic (exact) mass is 448 g/mol. The lowest BCUT2D eigenvalue weighted by molar-refractivity contribution is 0.476. The van der Waals surface area contributed by atoms with E-state index in [1.54, 1.807) is 0 Å². The molecule has 0 amide bonds. The van der Waals surface area contributed by atoms with Crippen molar-refractivity contribution < 1.29 is 0 Å². The summed E-state index contributed by atoms with van der Waals surface area (Å²) in [6, 6.07) is 33.7. The van der Waals surface area contributed by atoms with E-state index in [2.05, 4.69) is 91.0 Å². The Morgan fingerprint density at radius 1 is 0.848 bits per heavy atom. The molecule has 0 aliphatic heterocycles. The molecule has 0 radical (unpaired) electrons. The fraction of sp³-hybridized carbons (Fsp3) is 0.100. The lowest BCUT2D eigenvalue weighted by Gasteiger charge is -2.37. The topological polar surface area (TPSA) is 17.8 Å². The van der Waals surface area contributed by atoms with Gasteiger partial charge in [0.25, 0.3) is 0 Å². The first-order valence-corrected chi connectivity index (χ1v) is 11.6. The highest BCUT2D eigenvalue weighted by molar-refractivity contribution is 6.33. The molecular weight excluding hydrogens is 424 g/mol. The number of rotatable bonds is 6. The van der Waals surface area contributed by atoms with Gasteiger partial charge in [-0.15, -0.1) is 0 Å². The molecule has 0 N–H and O–H groups in total. The van der Waals surface area contributed by atoms with Crippen LogP contribution in [0, 0.1) is 0 Å². The fourth-order valence-corrected chi connectivity index (χ4v) is 5.28. The third-order valence-corrected chi connectivity index (χ3v) is 6.74. The maximum absolute atomic E-state index is 6.79. The van der Waals surface area contributed by atoms with E-state index in [9.17, 15) is 0 Å². The van der Waals surface area contributed by atoms with Gasteiger partial charge in [-0.05, 0) is 40.3 Å². The lowest BCUT2D eigenvalue weighted by atomic mass is 9.77. The first-order valence-electron chi connectivity index (χ1n) is 11.2. The molecule has 0 atom stereocenters. The Labute approximate surface area is 199 Å². The molecule has 0 fully saturated rings. The number of hydrogen-bond acceptors (Lipinski definition) is 1. The van der Waals surface area contributed by atoms with E-state index >= 15 is 0 Å². The molecule has 0 saturated heterocycles. The minimum atomic E-state index is -0.671. The first kappa shape index (κ1) is 21.2. The molecule has 1 heterocycles. The van der Waals surface area contributed by atoms with Crippen molar-refractivity contribution in [3.05, 3.63) is 143 Å². The predicted octanol–water partition coefficient (Wildman–Crippen LogP) is 7.74. The number of benzene rings is 4. The molecule has 2 nitrogen and oxygen atoms in total. The van der Waals surface area contributed by atoms with E-state index in [1.807, 2.05) is 36.5 Å². The maximum atomic E-state index is 6.79. The summed E-state index contributed by atoms with van der Waals surface area (Å²) in [5.41, 5.74) is 5.88. The summed E-state index contributed by atoms with van der Waals surface area (Å²) in [5, 5.41) is 6.84. The van der Waals surface area contributed by atoms with Crippen LogP contribution in [0.1, 0.15) is 34.7 Å². The van der Waals surface area contributed by atoms with Crippen molar-refractivity contribution in [3.63, 3.8) is 0 Å². The zero-order chi connectivity index (χ0) is 22.8. The third kappa shape index (κ3) is 3.30. The molecule has 4 aromatic carbocycles. The average Bonchev–Trinajstić information content (AvgIpc) is 3.29. The predicted molar refractivity (Wildman–Crippen MR) is 139 cm³/mol. The molecule has 0 saturated carbocycles. The van der Waals surface area contributed by atoms with Crippen LogP contribution in [0.15, 0.2) is 110 Å². The van der Waals surface area contributed by atoms with Gasteiger partial charge in [0, 0.05) is 5.39 Å². The molecule has 0 unspecified atom stereocenters. The third-order valence-electron chi connectivity index (χ3n) is 6.43. The number of fused-ring (bicyclic) bond motifs is 1. The van der Waals surface area contributed by atoms with E-state index in [0.717, 1.165) is 39.6 Å². The average molecular weight is 449 g/mol. The van der Waals surface area contributed by atoms with Crippen LogP contribution < -0.4 is 0 Å². The van der Waals surface area contributed by atoms with Crippen molar-refractivity contribution in [2.75, 3.05) is 0 Å². The molecule has 33 heavy (non-hydrogen) atoms. The SMILES string of the molecule is C=Cc1c(Cl)cc2c(cnn2C(c2ccccc2)(c2ccccc2)c2ccccc2)c1CC. The second-order valence-corrected chi connectivity index (χ2v) is 8.51. The first-order chi connectivity index (χ1) is 16.2. The highest BCUT2D eigenvalue weighted by atomic mass is 35.5. The summed E-state index contributed by atoms with van der Waals surface area (Å²) >= 11 is 6.79. The molecule has 3 heteroatoms. The van der Waals surface area contributed by atoms with Gasteiger partial charge >= 0.3 is 0 Å². The quantitative estimate of drug-likeness (QED) is 0.243. The van der Waals surface area contributed by atoms with Crippen LogP contribution in [-0.4, -0.2) is 9.78 Å². The van der Waals surface area contributed by atoms with E-state index in [4.69, 9.17) is 16.7 Å². The van der Waals surface area contributed by atoms with E-state index in [0.29, 0.717) is 5.02 Å². The number of halogens is 1. The summed E-state index contributed by atoms with van der Waals surface area (Å²) in [5.74, 6) is 0. The van der Waals surface area contributed by atoms with Crippen molar-refractivity contribution in [1.82, 2.24) is 9.78 Å². The van der Waals surface area contributed by atoms with Gasteiger partial charge in [-0.1, -0.05) is 122 Å². The second kappa shape index (κ2) is 8.73. The van der Waals surface area contributed by atoms with Crippen molar-refractivity contribution in [1.29, 1.82) is 0 Å². The Balaban J connectivity index is 1.98. The normalized spacial score (nSPS) is 11.6. The molecule has 162 valence electrons. The van der Waals surface area contributed by atoms with Crippen LogP contribution in [0.4, 0.5) is 0 Å². The Morgan fingerprint density at radius 3 is 1.76 bits per heavy atom. The summed E-state index contributed by atoms with van der Waals surface area (Å²) < 4.78 is 2.14. The minimum absolute atomic E-state index is 0.671. The van der Waals surface area contributed by atoms with Gasteiger partial charge in [0.15, 0.2) is 0 Å². The van der Waals surface area contributed by atoms with Crippen LogP contribution in [-0.2, 0) is 12.0 Å². The van der Waals surface area contributed by atoms with Gasteiger partial charge in [0.2, 0.25) is 0 Å². The van der Waals surface area contributed by atoms with E-state index < -0.39 is 5.54 Å². The van der Waals surface area contributed by atoms with E-state index in [1.165, 1.54) is 5.56 Å². The standard InChI is InChI=1S/C30H25ClN2/c1-3-25-26(4-2)28(31)20-29-27(25)21-32-33(29)30(22-14-8-5-9-15-22,23-16-10-6-11-17-23)24-18-12-7-13-19-24/h4-21H,2-3H2,1H3. The maximum Gasteiger partial charge on any atom is 0.138 e. The van der Waals surface area contributed by atoms with Crippen LogP contribution in [0.5, 0.6) is 0 Å². The molecule has 1 aromatic heterocycles. The molecule has 5 rings (SSSR count). The van der Waals surface area contributed by atoms with E-state index in [-0.39, 0.29) is 0 Å². The molecule has 0 bridgehead atoms. The molecule has 0 aliphatic rings. The molecule has 5 aromatic rings. The fourth-order valence-electron chi connectivity index (χ4n) is 4.99. The smallest absolute Gasteiger partial charge is 0.138 e. The summed E-state index contributed by atoms with van der Waals surface area (Å²) in [4.78, 5) is 0. The highest BCUT2D eigenvalue weighted by Crippen LogP contribution is 2.43. The van der Waals surface area contributed by atoms with Gasteiger partial charge in [0.05, 0.1) is 16.7 Å². The minimum Gasteiger partial charge on any atom is -0.245 e. The number of aromatic nitrogens is 2. The van der Waals surface area contributed by atoms with Crippen molar-refractivity contribution in [2.45, 2.75) is 18.9 Å². The van der Waals surface area contributed by atoms with Gasteiger partial charge < -0.3 is 0 Å². The van der Waals surface area contributed by atoms with Gasteiger partial charge in [-0.2, -0.15) is 5.10 Å². The number of aryl methyl sites for hydroxylation is 1. The summed E-state index contributed by atoms with van der Waals surface area (Å²) in [6.07, 6.45) is 4.66. The van der Waals surface area contributed by atoms with Crippen molar-refractivity contribution in [3.8, 4) is 0 Å². The van der Waals surface area contributed by atoms with Crippen LogP contribution in [0.25, 0.3) is 17.0 Å². The number of nitrogens with zero attached hydrogens (tertiary/aromatic N) is 2. The van der Waals surface area contributed by atoms with Crippen LogP contribution >= 0.6 is 11.6 Å². The Kier molecular flexibility index (Phi) is 5.62. The zero-order valence-electron chi connectivity index (χ0n) is 18.6. The highest BCUT2D eigenvalue weighted by Gasteiger charge is 2.40.